The number of hydrogen-bond acceptors (Lipinski definition) is 3. The van der Waals surface area contributed by atoms with E-state index >= 15 is 0 Å². The average Bonchev–Trinajstić information content (AvgIpc) is 2.69. The highest BCUT2D eigenvalue weighted by atomic mass is 16.1. The minimum absolute atomic E-state index is 0.0120. The Morgan fingerprint density at radius 1 is 1.00 bits per heavy atom. The summed E-state index contributed by atoms with van der Waals surface area (Å²) in [5.74, 6) is 0.516. The Bertz CT molecular complexity index is 932. The van der Waals surface area contributed by atoms with Crippen LogP contribution >= 0.6 is 0 Å². The molecule has 1 amide bonds. The summed E-state index contributed by atoms with van der Waals surface area (Å²) in [5, 5.41) is 4.22. The molecule has 2 aromatic carbocycles. The van der Waals surface area contributed by atoms with Gasteiger partial charge in [0.2, 0.25) is 0 Å². The van der Waals surface area contributed by atoms with Gasteiger partial charge in [0.25, 0.3) is 5.91 Å². The van der Waals surface area contributed by atoms with Crippen molar-refractivity contribution < 1.29 is 4.79 Å². The lowest BCUT2D eigenvalue weighted by atomic mass is 9.85. The Hall–Kier alpha value is -2.75. The minimum Gasteiger partial charge on any atom is -0.349 e. The molecule has 1 aliphatic carbocycles. The second-order valence-electron chi connectivity index (χ2n) is 7.13. The van der Waals surface area contributed by atoms with Crippen molar-refractivity contribution in [3.63, 3.8) is 0 Å². The standard InChI is InChI=1S/C22H23N3O/c1-15-8-2-6-12-19(15)25-22(26)17-10-4-3-9-16(17)21-18-11-5-7-13-20(18)23-14-24-21/h3-5,7,9-11,13-15,19H,2,6,8,12H2,1H3,(H,25,26). The second kappa shape index (κ2) is 7.24. The largest absolute Gasteiger partial charge is 0.349 e. The molecule has 26 heavy (non-hydrogen) atoms. The topological polar surface area (TPSA) is 54.9 Å². The van der Waals surface area contributed by atoms with E-state index in [1.54, 1.807) is 6.33 Å². The van der Waals surface area contributed by atoms with E-state index in [-0.39, 0.29) is 11.9 Å². The molecule has 4 rings (SSSR count). The first-order valence-electron chi connectivity index (χ1n) is 9.34. The maximum atomic E-state index is 13.0. The van der Waals surface area contributed by atoms with Crippen molar-refractivity contribution in [2.45, 2.75) is 38.6 Å². The molecule has 0 radical (unpaired) electrons. The number of nitrogens with zero attached hydrogens (tertiary/aromatic N) is 2. The zero-order valence-corrected chi connectivity index (χ0v) is 15.0. The minimum atomic E-state index is -0.0120. The van der Waals surface area contributed by atoms with E-state index in [2.05, 4.69) is 22.2 Å². The predicted molar refractivity (Wildman–Crippen MR) is 104 cm³/mol. The Labute approximate surface area is 153 Å². The molecule has 4 nitrogen and oxygen atoms in total. The molecule has 2 unspecified atom stereocenters. The fourth-order valence-electron chi connectivity index (χ4n) is 3.88. The maximum absolute atomic E-state index is 13.0. The summed E-state index contributed by atoms with van der Waals surface area (Å²) >= 11 is 0. The summed E-state index contributed by atoms with van der Waals surface area (Å²) < 4.78 is 0. The number of nitrogens with one attached hydrogen (secondary N) is 1. The number of carbonyl (C=O) groups excluding carboxylic acids is 1. The molecule has 1 aliphatic rings. The van der Waals surface area contributed by atoms with Crippen molar-refractivity contribution in [2.24, 2.45) is 5.92 Å². The van der Waals surface area contributed by atoms with Gasteiger partial charge in [-0.1, -0.05) is 56.2 Å². The van der Waals surface area contributed by atoms with E-state index in [1.807, 2.05) is 48.5 Å². The maximum Gasteiger partial charge on any atom is 0.252 e. The molecule has 4 heteroatoms. The van der Waals surface area contributed by atoms with Gasteiger partial charge in [-0.15, -0.1) is 0 Å². The molecule has 0 saturated heterocycles. The SMILES string of the molecule is CC1CCCCC1NC(=O)c1ccccc1-c1ncnc2ccccc12. The first-order chi connectivity index (χ1) is 12.7. The van der Waals surface area contributed by atoms with Gasteiger partial charge in [-0.05, 0) is 30.9 Å². The first kappa shape index (κ1) is 16.7. The number of carbonyl (C=O) groups is 1. The fraction of sp³-hybridized carbons (Fsp3) is 0.318. The number of aromatic nitrogens is 2. The molecule has 1 fully saturated rings. The van der Waals surface area contributed by atoms with Crippen LogP contribution in [0.25, 0.3) is 22.2 Å². The zero-order chi connectivity index (χ0) is 17.9. The molecule has 0 spiro atoms. The van der Waals surface area contributed by atoms with Crippen molar-refractivity contribution in [3.8, 4) is 11.3 Å². The van der Waals surface area contributed by atoms with E-state index in [0.717, 1.165) is 28.6 Å². The predicted octanol–water partition coefficient (Wildman–Crippen LogP) is 4.61. The molecule has 0 bridgehead atoms. The average molecular weight is 345 g/mol. The number of amides is 1. The molecule has 2 atom stereocenters. The van der Waals surface area contributed by atoms with Crippen LogP contribution in [-0.2, 0) is 0 Å². The number of para-hydroxylation sites is 1. The van der Waals surface area contributed by atoms with Crippen LogP contribution in [0.5, 0.6) is 0 Å². The van der Waals surface area contributed by atoms with Crippen LogP contribution < -0.4 is 5.32 Å². The monoisotopic (exact) mass is 345 g/mol. The van der Waals surface area contributed by atoms with Crippen molar-refractivity contribution in [2.75, 3.05) is 0 Å². The molecular formula is C22H23N3O. The zero-order valence-electron chi connectivity index (χ0n) is 15.0. The van der Waals surface area contributed by atoms with Gasteiger partial charge in [0.15, 0.2) is 0 Å². The Morgan fingerprint density at radius 3 is 2.65 bits per heavy atom. The first-order valence-corrected chi connectivity index (χ1v) is 9.34. The van der Waals surface area contributed by atoms with E-state index in [0.29, 0.717) is 11.5 Å². The molecule has 1 saturated carbocycles. The number of rotatable bonds is 3. The van der Waals surface area contributed by atoms with Crippen LogP contribution in [0.1, 0.15) is 43.0 Å². The van der Waals surface area contributed by atoms with Gasteiger partial charge < -0.3 is 5.32 Å². The summed E-state index contributed by atoms with van der Waals surface area (Å²) in [6.07, 6.45) is 6.26. The number of hydrogen-bond donors (Lipinski definition) is 1. The fourth-order valence-corrected chi connectivity index (χ4v) is 3.88. The molecule has 0 aliphatic heterocycles. The van der Waals surface area contributed by atoms with Crippen LogP contribution in [0.3, 0.4) is 0 Å². The number of fused-ring (bicyclic) bond motifs is 1. The molecule has 1 aromatic heterocycles. The third-order valence-electron chi connectivity index (χ3n) is 5.40. The Balaban J connectivity index is 1.71. The molecule has 1 N–H and O–H groups in total. The van der Waals surface area contributed by atoms with Crippen LogP contribution in [0, 0.1) is 5.92 Å². The Morgan fingerprint density at radius 2 is 1.77 bits per heavy atom. The lowest BCUT2D eigenvalue weighted by Crippen LogP contribution is -2.41. The van der Waals surface area contributed by atoms with Gasteiger partial charge in [0, 0.05) is 22.6 Å². The third kappa shape index (κ3) is 3.19. The van der Waals surface area contributed by atoms with Crippen molar-refractivity contribution >= 4 is 16.8 Å². The van der Waals surface area contributed by atoms with Crippen LogP contribution in [0.4, 0.5) is 0 Å². The van der Waals surface area contributed by atoms with Crippen LogP contribution in [-0.4, -0.2) is 21.9 Å². The van der Waals surface area contributed by atoms with Gasteiger partial charge >= 0.3 is 0 Å². The lowest BCUT2D eigenvalue weighted by Gasteiger charge is -2.29. The molecule has 1 heterocycles. The van der Waals surface area contributed by atoms with E-state index < -0.39 is 0 Å². The molecule has 3 aromatic rings. The Kier molecular flexibility index (Phi) is 4.65. The molecular weight excluding hydrogens is 322 g/mol. The van der Waals surface area contributed by atoms with Gasteiger partial charge in [-0.2, -0.15) is 0 Å². The summed E-state index contributed by atoms with van der Waals surface area (Å²) in [7, 11) is 0. The summed E-state index contributed by atoms with van der Waals surface area (Å²) in [5.41, 5.74) is 3.22. The lowest BCUT2D eigenvalue weighted by molar-refractivity contribution is 0.0911. The summed E-state index contributed by atoms with van der Waals surface area (Å²) in [4.78, 5) is 21.9. The van der Waals surface area contributed by atoms with Crippen molar-refractivity contribution in [3.05, 3.63) is 60.4 Å². The van der Waals surface area contributed by atoms with Crippen molar-refractivity contribution in [1.82, 2.24) is 15.3 Å². The van der Waals surface area contributed by atoms with Gasteiger partial charge in [-0.25, -0.2) is 9.97 Å². The van der Waals surface area contributed by atoms with E-state index in [1.165, 1.54) is 19.3 Å². The summed E-state index contributed by atoms with van der Waals surface area (Å²) in [6, 6.07) is 15.9. The van der Waals surface area contributed by atoms with Gasteiger partial charge in [0.1, 0.15) is 6.33 Å². The third-order valence-corrected chi connectivity index (χ3v) is 5.40. The summed E-state index contributed by atoms with van der Waals surface area (Å²) in [6.45, 7) is 2.23. The normalized spacial score (nSPS) is 20.0. The van der Waals surface area contributed by atoms with Crippen molar-refractivity contribution in [1.29, 1.82) is 0 Å². The van der Waals surface area contributed by atoms with Gasteiger partial charge in [0.05, 0.1) is 11.2 Å². The highest BCUT2D eigenvalue weighted by Gasteiger charge is 2.24. The highest BCUT2D eigenvalue weighted by Crippen LogP contribution is 2.29. The van der Waals surface area contributed by atoms with Crippen LogP contribution in [0.15, 0.2) is 54.9 Å². The quantitative estimate of drug-likeness (QED) is 0.754. The highest BCUT2D eigenvalue weighted by molar-refractivity contribution is 6.04. The molecule has 132 valence electrons. The second-order valence-corrected chi connectivity index (χ2v) is 7.13. The number of benzene rings is 2. The smallest absolute Gasteiger partial charge is 0.252 e. The van der Waals surface area contributed by atoms with Crippen LogP contribution in [0.2, 0.25) is 0 Å². The van der Waals surface area contributed by atoms with Gasteiger partial charge in [-0.3, -0.25) is 4.79 Å². The van der Waals surface area contributed by atoms with E-state index in [4.69, 9.17) is 0 Å². The van der Waals surface area contributed by atoms with E-state index in [9.17, 15) is 4.79 Å².